The van der Waals surface area contributed by atoms with Crippen molar-refractivity contribution >= 4 is 11.9 Å². The number of hydrogen-bond acceptors (Lipinski definition) is 7. The van der Waals surface area contributed by atoms with Crippen LogP contribution in [0.1, 0.15) is 58.3 Å². The summed E-state index contributed by atoms with van der Waals surface area (Å²) in [5.74, 6) is -0.148. The van der Waals surface area contributed by atoms with Crippen LogP contribution in [0.3, 0.4) is 0 Å². The molecular formula is C23H36O7. The average molecular weight is 425 g/mol. The lowest BCUT2D eigenvalue weighted by molar-refractivity contribution is -0.160. The van der Waals surface area contributed by atoms with Crippen LogP contribution in [0.4, 0.5) is 0 Å². The van der Waals surface area contributed by atoms with Crippen molar-refractivity contribution < 1.29 is 33.3 Å². The van der Waals surface area contributed by atoms with Crippen LogP contribution in [0, 0.1) is 11.8 Å². The number of fused-ring (bicyclic) bond motifs is 1. The molecule has 7 heteroatoms. The summed E-state index contributed by atoms with van der Waals surface area (Å²) in [4.78, 5) is 23.5. The summed E-state index contributed by atoms with van der Waals surface area (Å²) in [5.41, 5.74) is 0. The van der Waals surface area contributed by atoms with E-state index >= 15 is 0 Å². The highest BCUT2D eigenvalue weighted by atomic mass is 16.6. The number of hydrogen-bond donors (Lipinski definition) is 0. The normalized spacial score (nSPS) is 33.1. The second-order valence-electron chi connectivity index (χ2n) is 8.68. The second kappa shape index (κ2) is 11.8. The maximum Gasteiger partial charge on any atom is 0.330 e. The minimum Gasteiger partial charge on any atom is -0.463 e. The van der Waals surface area contributed by atoms with Crippen LogP contribution in [0.25, 0.3) is 0 Å². The highest BCUT2D eigenvalue weighted by Gasteiger charge is 2.48. The number of unbranched alkanes of at least 4 members (excludes halogenated alkanes) is 3. The highest BCUT2D eigenvalue weighted by Crippen LogP contribution is 2.34. The summed E-state index contributed by atoms with van der Waals surface area (Å²) in [6.45, 7) is 7.79. The Labute approximate surface area is 179 Å². The zero-order valence-electron chi connectivity index (χ0n) is 18.1. The molecule has 0 aromatic rings. The Bertz CT molecular complexity index is 570. The summed E-state index contributed by atoms with van der Waals surface area (Å²) in [7, 11) is 0. The van der Waals surface area contributed by atoms with Crippen LogP contribution in [-0.2, 0) is 33.3 Å². The van der Waals surface area contributed by atoms with E-state index in [1.807, 2.05) is 0 Å². The number of ether oxygens (including phenoxy) is 5. The third kappa shape index (κ3) is 6.53. The smallest absolute Gasteiger partial charge is 0.330 e. The van der Waals surface area contributed by atoms with Crippen molar-refractivity contribution in [1.82, 2.24) is 0 Å². The molecule has 4 atom stereocenters. The van der Waals surface area contributed by atoms with Gasteiger partial charge in [0.2, 0.25) is 0 Å². The van der Waals surface area contributed by atoms with Gasteiger partial charge in [0.15, 0.2) is 6.10 Å². The minimum absolute atomic E-state index is 0.0407. The number of esters is 2. The number of carbonyl (C=O) groups excluding carboxylic acids is 2. The quantitative estimate of drug-likeness (QED) is 0.286. The molecule has 3 fully saturated rings. The fourth-order valence-corrected chi connectivity index (χ4v) is 4.51. The van der Waals surface area contributed by atoms with Crippen molar-refractivity contribution in [3.05, 3.63) is 12.7 Å². The zero-order chi connectivity index (χ0) is 21.3. The van der Waals surface area contributed by atoms with Crippen LogP contribution in [-0.4, -0.2) is 62.8 Å². The molecule has 0 radical (unpaired) electrons. The monoisotopic (exact) mass is 424 g/mol. The van der Waals surface area contributed by atoms with E-state index in [0.717, 1.165) is 58.0 Å². The van der Waals surface area contributed by atoms with Gasteiger partial charge in [-0.25, -0.2) is 4.79 Å². The van der Waals surface area contributed by atoms with Gasteiger partial charge in [-0.05, 0) is 44.9 Å². The first-order chi connectivity index (χ1) is 14.6. The Balaban J connectivity index is 1.22. The molecule has 2 heterocycles. The topological polar surface area (TPSA) is 80.3 Å². The third-order valence-corrected chi connectivity index (χ3v) is 6.33. The first-order valence-corrected chi connectivity index (χ1v) is 11.4. The first-order valence-electron chi connectivity index (χ1n) is 11.4. The highest BCUT2D eigenvalue weighted by molar-refractivity contribution is 5.81. The molecule has 170 valence electrons. The molecular weight excluding hydrogens is 388 g/mol. The van der Waals surface area contributed by atoms with Gasteiger partial charge in [0.05, 0.1) is 37.9 Å². The second-order valence-corrected chi connectivity index (χ2v) is 8.68. The largest absolute Gasteiger partial charge is 0.463 e. The van der Waals surface area contributed by atoms with Crippen molar-refractivity contribution in [1.29, 1.82) is 0 Å². The molecule has 3 aliphatic rings. The molecule has 1 aliphatic carbocycles. The average Bonchev–Trinajstić information content (AvgIpc) is 3.33. The molecule has 30 heavy (non-hydrogen) atoms. The number of rotatable bonds is 11. The molecule has 0 amide bonds. The van der Waals surface area contributed by atoms with Gasteiger partial charge in [-0.2, -0.15) is 0 Å². The van der Waals surface area contributed by atoms with Gasteiger partial charge in [-0.15, -0.1) is 0 Å². The van der Waals surface area contributed by atoms with E-state index in [1.54, 1.807) is 0 Å². The van der Waals surface area contributed by atoms with E-state index in [9.17, 15) is 9.59 Å². The van der Waals surface area contributed by atoms with E-state index in [4.69, 9.17) is 23.7 Å². The first kappa shape index (κ1) is 23.2. The third-order valence-electron chi connectivity index (χ3n) is 6.33. The molecule has 2 saturated heterocycles. The van der Waals surface area contributed by atoms with E-state index in [-0.39, 0.29) is 42.3 Å². The maximum absolute atomic E-state index is 12.6. The van der Waals surface area contributed by atoms with Gasteiger partial charge in [0, 0.05) is 18.6 Å². The SMILES string of the molecule is C=CC(=O)OCCCCCCOC1CCC(C(=O)O[C@@H]2CO[C@H]3[C@@H]2OC[C@H]3C)CC1. The molecule has 3 rings (SSSR count). The fourth-order valence-electron chi connectivity index (χ4n) is 4.51. The molecule has 2 aliphatic heterocycles. The number of carbonyl (C=O) groups is 2. The molecule has 0 aromatic heterocycles. The van der Waals surface area contributed by atoms with Crippen LogP contribution in [0.15, 0.2) is 12.7 Å². The molecule has 0 spiro atoms. The van der Waals surface area contributed by atoms with E-state index in [1.165, 1.54) is 6.08 Å². The lowest BCUT2D eigenvalue weighted by Crippen LogP contribution is -2.36. The predicted octanol–water partition coefficient (Wildman–Crippen LogP) is 3.20. The van der Waals surface area contributed by atoms with Gasteiger partial charge < -0.3 is 23.7 Å². The van der Waals surface area contributed by atoms with Gasteiger partial charge in [-0.3, -0.25) is 4.79 Å². The van der Waals surface area contributed by atoms with Gasteiger partial charge in [-0.1, -0.05) is 19.9 Å². The minimum atomic E-state index is -0.361. The van der Waals surface area contributed by atoms with E-state index in [0.29, 0.717) is 25.7 Å². The Morgan fingerprint density at radius 3 is 2.40 bits per heavy atom. The van der Waals surface area contributed by atoms with Crippen molar-refractivity contribution in [2.75, 3.05) is 26.4 Å². The Morgan fingerprint density at radius 1 is 0.967 bits per heavy atom. The maximum atomic E-state index is 12.6. The lowest BCUT2D eigenvalue weighted by Gasteiger charge is -2.28. The van der Waals surface area contributed by atoms with Crippen molar-refractivity contribution in [3.8, 4) is 0 Å². The molecule has 0 N–H and O–H groups in total. The van der Waals surface area contributed by atoms with Gasteiger partial charge in [0.1, 0.15) is 6.10 Å². The summed E-state index contributed by atoms with van der Waals surface area (Å²) in [5, 5.41) is 0. The summed E-state index contributed by atoms with van der Waals surface area (Å²) in [6, 6.07) is 0. The summed E-state index contributed by atoms with van der Waals surface area (Å²) >= 11 is 0. The Morgan fingerprint density at radius 2 is 1.67 bits per heavy atom. The van der Waals surface area contributed by atoms with Gasteiger partial charge in [0.25, 0.3) is 0 Å². The van der Waals surface area contributed by atoms with Crippen LogP contribution >= 0.6 is 0 Å². The van der Waals surface area contributed by atoms with Crippen molar-refractivity contribution in [3.63, 3.8) is 0 Å². The lowest BCUT2D eigenvalue weighted by atomic mass is 9.87. The van der Waals surface area contributed by atoms with Crippen molar-refractivity contribution in [2.45, 2.75) is 82.7 Å². The van der Waals surface area contributed by atoms with Crippen LogP contribution < -0.4 is 0 Å². The standard InChI is InChI=1S/C23H36O7/c1-3-20(24)27-13-7-5-4-6-12-26-18-10-8-17(9-11-18)23(25)30-19-15-29-21-16(2)14-28-22(19)21/h3,16-19,21-22H,1,4-15H2,2H3/t16-,17?,18?,19-,21-,22-/m1/s1. The molecule has 7 nitrogen and oxygen atoms in total. The van der Waals surface area contributed by atoms with E-state index in [2.05, 4.69) is 13.5 Å². The van der Waals surface area contributed by atoms with Crippen LogP contribution in [0.2, 0.25) is 0 Å². The summed E-state index contributed by atoms with van der Waals surface area (Å²) in [6.07, 6.45) is 8.50. The molecule has 0 aromatic carbocycles. The Kier molecular flexibility index (Phi) is 9.15. The van der Waals surface area contributed by atoms with E-state index < -0.39 is 0 Å². The molecule has 0 unspecified atom stereocenters. The van der Waals surface area contributed by atoms with Crippen molar-refractivity contribution in [2.24, 2.45) is 11.8 Å². The predicted molar refractivity (Wildman–Crippen MR) is 110 cm³/mol. The Hall–Kier alpha value is -1.44. The fraction of sp³-hybridized carbons (Fsp3) is 0.826. The van der Waals surface area contributed by atoms with Gasteiger partial charge >= 0.3 is 11.9 Å². The van der Waals surface area contributed by atoms with Crippen LogP contribution in [0.5, 0.6) is 0 Å². The molecule has 0 bridgehead atoms. The molecule has 1 saturated carbocycles. The summed E-state index contributed by atoms with van der Waals surface area (Å²) < 4.78 is 28.2. The zero-order valence-corrected chi connectivity index (χ0v) is 18.1.